The summed E-state index contributed by atoms with van der Waals surface area (Å²) in [5.41, 5.74) is 8.58. The van der Waals surface area contributed by atoms with Crippen LogP contribution >= 0.6 is 0 Å². The van der Waals surface area contributed by atoms with Crippen LogP contribution < -0.4 is 5.73 Å². The lowest BCUT2D eigenvalue weighted by Crippen LogP contribution is -2.07. The number of rotatable bonds is 3. The molecular formula is C17H14FN3O. The number of aromatic nitrogens is 2. The van der Waals surface area contributed by atoms with E-state index in [4.69, 9.17) is 5.73 Å². The maximum atomic E-state index is 13.0. The molecule has 0 saturated carbocycles. The molecule has 1 heterocycles. The number of halogens is 1. The van der Waals surface area contributed by atoms with Crippen LogP contribution in [0.4, 0.5) is 10.2 Å². The number of ketones is 1. The lowest BCUT2D eigenvalue weighted by molar-refractivity contribution is 0.103. The van der Waals surface area contributed by atoms with Gasteiger partial charge in [0.05, 0.1) is 17.4 Å². The SMILES string of the molecule is Cc1ccc(C(=O)c2cnn(-c3ccc(F)cc3)c2N)cc1. The maximum Gasteiger partial charge on any atom is 0.198 e. The molecule has 0 spiro atoms. The standard InChI is InChI=1S/C17H14FN3O/c1-11-2-4-12(5-3-11)16(22)15-10-20-21(17(15)19)14-8-6-13(18)7-9-14/h2-10H,19H2,1H3. The fraction of sp³-hybridized carbons (Fsp3) is 0.0588. The molecular weight excluding hydrogens is 281 g/mol. The summed E-state index contributed by atoms with van der Waals surface area (Å²) in [5.74, 6) is -0.298. The Balaban J connectivity index is 1.98. The number of carbonyl (C=O) groups is 1. The second kappa shape index (κ2) is 5.44. The molecule has 4 nitrogen and oxygen atoms in total. The van der Waals surface area contributed by atoms with E-state index in [1.165, 1.54) is 23.0 Å². The average molecular weight is 295 g/mol. The minimum atomic E-state index is -0.342. The van der Waals surface area contributed by atoms with E-state index in [0.717, 1.165) is 5.56 Å². The van der Waals surface area contributed by atoms with Crippen molar-refractivity contribution in [2.75, 3.05) is 5.73 Å². The van der Waals surface area contributed by atoms with Crippen LogP contribution in [0.5, 0.6) is 0 Å². The number of hydrogen-bond donors (Lipinski definition) is 1. The zero-order valence-electron chi connectivity index (χ0n) is 12.0. The normalized spacial score (nSPS) is 10.6. The predicted octanol–water partition coefficient (Wildman–Crippen LogP) is 3.13. The lowest BCUT2D eigenvalue weighted by Gasteiger charge is -2.05. The van der Waals surface area contributed by atoms with E-state index in [1.807, 2.05) is 19.1 Å². The second-order valence-electron chi connectivity index (χ2n) is 5.03. The number of carbonyl (C=O) groups excluding carboxylic acids is 1. The van der Waals surface area contributed by atoms with Gasteiger partial charge in [-0.3, -0.25) is 4.79 Å². The number of nitrogens with zero attached hydrogens (tertiary/aromatic N) is 2. The monoisotopic (exact) mass is 295 g/mol. The van der Waals surface area contributed by atoms with Crippen LogP contribution in [0.25, 0.3) is 5.69 Å². The highest BCUT2D eigenvalue weighted by Gasteiger charge is 2.17. The third-order valence-electron chi connectivity index (χ3n) is 3.44. The van der Waals surface area contributed by atoms with Crippen molar-refractivity contribution in [1.29, 1.82) is 0 Å². The van der Waals surface area contributed by atoms with Crippen LogP contribution in [0.3, 0.4) is 0 Å². The Labute approximate surface area is 127 Å². The minimum Gasteiger partial charge on any atom is -0.383 e. The molecule has 2 aromatic carbocycles. The molecule has 0 atom stereocenters. The van der Waals surface area contributed by atoms with Crippen molar-refractivity contribution in [3.8, 4) is 5.69 Å². The first-order valence-corrected chi connectivity index (χ1v) is 6.77. The molecule has 5 heteroatoms. The Hall–Kier alpha value is -2.95. The van der Waals surface area contributed by atoms with Crippen molar-refractivity contribution in [3.63, 3.8) is 0 Å². The zero-order chi connectivity index (χ0) is 15.7. The zero-order valence-corrected chi connectivity index (χ0v) is 12.0. The Kier molecular flexibility index (Phi) is 3.47. The molecule has 0 aliphatic rings. The molecule has 0 aliphatic carbocycles. The highest BCUT2D eigenvalue weighted by Crippen LogP contribution is 2.20. The molecule has 0 amide bonds. The fourth-order valence-corrected chi connectivity index (χ4v) is 2.18. The summed E-state index contributed by atoms with van der Waals surface area (Å²) in [7, 11) is 0. The van der Waals surface area contributed by atoms with Gasteiger partial charge in [-0.25, -0.2) is 9.07 Å². The molecule has 0 saturated heterocycles. The summed E-state index contributed by atoms with van der Waals surface area (Å²) in [6, 6.07) is 13.0. The number of anilines is 1. The number of nitrogen functional groups attached to an aromatic ring is 1. The fourth-order valence-electron chi connectivity index (χ4n) is 2.18. The number of aryl methyl sites for hydroxylation is 1. The van der Waals surface area contributed by atoms with Crippen molar-refractivity contribution in [3.05, 3.63) is 77.2 Å². The van der Waals surface area contributed by atoms with Gasteiger partial charge in [-0.2, -0.15) is 5.10 Å². The number of benzene rings is 2. The van der Waals surface area contributed by atoms with Crippen molar-refractivity contribution >= 4 is 11.6 Å². The van der Waals surface area contributed by atoms with Crippen molar-refractivity contribution < 1.29 is 9.18 Å². The summed E-state index contributed by atoms with van der Waals surface area (Å²) in [6.07, 6.45) is 1.43. The van der Waals surface area contributed by atoms with Crippen LogP contribution in [-0.2, 0) is 0 Å². The first-order chi connectivity index (χ1) is 10.6. The third kappa shape index (κ3) is 2.48. The van der Waals surface area contributed by atoms with Gasteiger partial charge in [0.1, 0.15) is 11.6 Å². The van der Waals surface area contributed by atoms with Crippen LogP contribution in [0.2, 0.25) is 0 Å². The molecule has 110 valence electrons. The number of hydrogen-bond acceptors (Lipinski definition) is 3. The van der Waals surface area contributed by atoms with Gasteiger partial charge < -0.3 is 5.73 Å². The molecule has 0 unspecified atom stereocenters. The molecule has 0 aliphatic heterocycles. The molecule has 3 aromatic rings. The van der Waals surface area contributed by atoms with Gasteiger partial charge in [0.25, 0.3) is 0 Å². The van der Waals surface area contributed by atoms with Gasteiger partial charge in [0.2, 0.25) is 0 Å². The average Bonchev–Trinajstić information content (AvgIpc) is 2.90. The van der Waals surface area contributed by atoms with E-state index in [0.29, 0.717) is 16.8 Å². The van der Waals surface area contributed by atoms with E-state index < -0.39 is 0 Å². The first kappa shape index (κ1) is 14.0. The smallest absolute Gasteiger partial charge is 0.198 e. The second-order valence-corrected chi connectivity index (χ2v) is 5.03. The highest BCUT2D eigenvalue weighted by atomic mass is 19.1. The summed E-state index contributed by atoms with van der Waals surface area (Å²) in [4.78, 5) is 12.5. The van der Waals surface area contributed by atoms with Gasteiger partial charge in [-0.15, -0.1) is 0 Å². The van der Waals surface area contributed by atoms with Crippen LogP contribution in [0, 0.1) is 12.7 Å². The quantitative estimate of drug-likeness (QED) is 0.755. The Morgan fingerprint density at radius 3 is 2.36 bits per heavy atom. The minimum absolute atomic E-state index is 0.189. The van der Waals surface area contributed by atoms with Crippen LogP contribution in [-0.4, -0.2) is 15.6 Å². The molecule has 22 heavy (non-hydrogen) atoms. The highest BCUT2D eigenvalue weighted by molar-refractivity contribution is 6.11. The molecule has 3 rings (SSSR count). The Morgan fingerprint density at radius 1 is 1.09 bits per heavy atom. The van der Waals surface area contributed by atoms with E-state index in [9.17, 15) is 9.18 Å². The van der Waals surface area contributed by atoms with Crippen molar-refractivity contribution in [1.82, 2.24) is 9.78 Å². The van der Waals surface area contributed by atoms with Gasteiger partial charge >= 0.3 is 0 Å². The third-order valence-corrected chi connectivity index (χ3v) is 3.44. The summed E-state index contributed by atoms with van der Waals surface area (Å²) in [5, 5.41) is 4.13. The largest absolute Gasteiger partial charge is 0.383 e. The summed E-state index contributed by atoms with van der Waals surface area (Å²) < 4.78 is 14.4. The lowest BCUT2D eigenvalue weighted by atomic mass is 10.0. The van der Waals surface area contributed by atoms with Gasteiger partial charge in [0.15, 0.2) is 5.78 Å². The summed E-state index contributed by atoms with van der Waals surface area (Å²) in [6.45, 7) is 1.95. The molecule has 0 bridgehead atoms. The Morgan fingerprint density at radius 2 is 1.73 bits per heavy atom. The summed E-state index contributed by atoms with van der Waals surface area (Å²) >= 11 is 0. The van der Waals surface area contributed by atoms with Crippen LogP contribution in [0.1, 0.15) is 21.5 Å². The predicted molar refractivity (Wildman–Crippen MR) is 82.5 cm³/mol. The first-order valence-electron chi connectivity index (χ1n) is 6.77. The van der Waals surface area contributed by atoms with Crippen LogP contribution in [0.15, 0.2) is 54.7 Å². The molecule has 0 radical (unpaired) electrons. The topological polar surface area (TPSA) is 60.9 Å². The van der Waals surface area contributed by atoms with E-state index in [1.54, 1.807) is 24.3 Å². The molecule has 2 N–H and O–H groups in total. The van der Waals surface area contributed by atoms with Gasteiger partial charge in [-0.05, 0) is 31.2 Å². The van der Waals surface area contributed by atoms with Crippen molar-refractivity contribution in [2.24, 2.45) is 0 Å². The van der Waals surface area contributed by atoms with Crippen molar-refractivity contribution in [2.45, 2.75) is 6.92 Å². The molecule has 0 fully saturated rings. The van der Waals surface area contributed by atoms with Gasteiger partial charge in [-0.1, -0.05) is 29.8 Å². The molecule has 1 aromatic heterocycles. The van der Waals surface area contributed by atoms with E-state index in [2.05, 4.69) is 5.10 Å². The van der Waals surface area contributed by atoms with E-state index >= 15 is 0 Å². The van der Waals surface area contributed by atoms with Gasteiger partial charge in [0, 0.05) is 5.56 Å². The maximum absolute atomic E-state index is 13.0. The Bertz CT molecular complexity index is 820. The van der Waals surface area contributed by atoms with E-state index in [-0.39, 0.29) is 17.4 Å². The number of nitrogens with two attached hydrogens (primary N) is 1.